The van der Waals surface area contributed by atoms with Gasteiger partial charge >= 0.3 is 0 Å². The lowest BCUT2D eigenvalue weighted by molar-refractivity contribution is 0.102. The molecule has 0 saturated heterocycles. The number of thiazole rings is 1. The Kier molecular flexibility index (Phi) is 4.07. The molecular weight excluding hydrogens is 366 g/mol. The molecule has 1 amide bonds. The Bertz CT molecular complexity index is 1290. The van der Waals surface area contributed by atoms with Crippen LogP contribution in [0, 0.1) is 0 Å². The van der Waals surface area contributed by atoms with Crippen molar-refractivity contribution in [2.45, 2.75) is 0 Å². The zero-order valence-corrected chi connectivity index (χ0v) is 15.6. The SMILES string of the molecule is O=C(Nc1cccc(-c2nc3cccnc3s2)c1)c1cccc2ccccc12. The first-order chi connectivity index (χ1) is 13.8. The highest BCUT2D eigenvalue weighted by Crippen LogP contribution is 2.30. The van der Waals surface area contributed by atoms with Crippen LogP contribution < -0.4 is 5.32 Å². The highest BCUT2D eigenvalue weighted by atomic mass is 32.1. The van der Waals surface area contributed by atoms with Crippen LogP contribution in [0.25, 0.3) is 31.7 Å². The maximum absolute atomic E-state index is 12.9. The Morgan fingerprint density at radius 2 is 1.75 bits per heavy atom. The van der Waals surface area contributed by atoms with Crippen LogP contribution in [-0.4, -0.2) is 15.9 Å². The molecule has 5 aromatic rings. The minimum absolute atomic E-state index is 0.125. The van der Waals surface area contributed by atoms with Gasteiger partial charge in [0.05, 0.1) is 0 Å². The first-order valence-electron chi connectivity index (χ1n) is 8.89. The molecule has 0 unspecified atom stereocenters. The van der Waals surface area contributed by atoms with Crippen molar-refractivity contribution in [3.8, 4) is 10.6 Å². The van der Waals surface area contributed by atoms with Crippen molar-refractivity contribution >= 4 is 44.1 Å². The molecule has 0 fully saturated rings. The predicted molar refractivity (Wildman–Crippen MR) is 115 cm³/mol. The van der Waals surface area contributed by atoms with Gasteiger partial charge in [-0.05, 0) is 41.1 Å². The van der Waals surface area contributed by atoms with Crippen molar-refractivity contribution in [3.63, 3.8) is 0 Å². The number of carbonyl (C=O) groups is 1. The van der Waals surface area contributed by atoms with Gasteiger partial charge in [0.25, 0.3) is 5.91 Å². The molecule has 2 aromatic heterocycles. The van der Waals surface area contributed by atoms with Crippen LogP contribution in [-0.2, 0) is 0 Å². The fraction of sp³-hybridized carbons (Fsp3) is 0. The Hall–Kier alpha value is -3.57. The summed E-state index contributed by atoms with van der Waals surface area (Å²) >= 11 is 1.54. The number of pyridine rings is 1. The second-order valence-corrected chi connectivity index (χ2v) is 7.39. The third kappa shape index (κ3) is 3.02. The number of rotatable bonds is 3. The van der Waals surface area contributed by atoms with Gasteiger partial charge in [-0.2, -0.15) is 0 Å². The molecule has 0 bridgehead atoms. The molecule has 0 aliphatic carbocycles. The topological polar surface area (TPSA) is 54.9 Å². The minimum atomic E-state index is -0.125. The number of aromatic nitrogens is 2. The fourth-order valence-corrected chi connectivity index (χ4v) is 4.15. The second-order valence-electron chi connectivity index (χ2n) is 6.41. The summed E-state index contributed by atoms with van der Waals surface area (Å²) in [5, 5.41) is 5.89. The zero-order valence-electron chi connectivity index (χ0n) is 14.8. The van der Waals surface area contributed by atoms with E-state index < -0.39 is 0 Å². The van der Waals surface area contributed by atoms with E-state index in [4.69, 9.17) is 0 Å². The average molecular weight is 381 g/mol. The van der Waals surface area contributed by atoms with E-state index in [2.05, 4.69) is 15.3 Å². The molecule has 5 heteroatoms. The minimum Gasteiger partial charge on any atom is -0.322 e. The van der Waals surface area contributed by atoms with Crippen molar-refractivity contribution < 1.29 is 4.79 Å². The Morgan fingerprint density at radius 1 is 0.893 bits per heavy atom. The monoisotopic (exact) mass is 381 g/mol. The summed E-state index contributed by atoms with van der Waals surface area (Å²) in [6.45, 7) is 0. The number of amides is 1. The number of nitrogens with zero attached hydrogens (tertiary/aromatic N) is 2. The quantitative estimate of drug-likeness (QED) is 0.432. The number of benzene rings is 3. The first-order valence-corrected chi connectivity index (χ1v) is 9.71. The van der Waals surface area contributed by atoms with Gasteiger partial charge in [0.15, 0.2) is 0 Å². The number of fused-ring (bicyclic) bond motifs is 2. The smallest absolute Gasteiger partial charge is 0.256 e. The van der Waals surface area contributed by atoms with Gasteiger partial charge in [0.1, 0.15) is 15.4 Å². The average Bonchev–Trinajstić information content (AvgIpc) is 3.18. The lowest BCUT2D eigenvalue weighted by atomic mass is 10.0. The predicted octanol–water partition coefficient (Wildman–Crippen LogP) is 5.76. The molecule has 28 heavy (non-hydrogen) atoms. The zero-order chi connectivity index (χ0) is 18.9. The van der Waals surface area contributed by atoms with Gasteiger partial charge in [-0.15, -0.1) is 0 Å². The molecule has 2 heterocycles. The van der Waals surface area contributed by atoms with Crippen molar-refractivity contribution in [2.24, 2.45) is 0 Å². The van der Waals surface area contributed by atoms with Crippen molar-refractivity contribution in [3.05, 3.63) is 90.6 Å². The van der Waals surface area contributed by atoms with Gasteiger partial charge < -0.3 is 5.32 Å². The maximum Gasteiger partial charge on any atom is 0.256 e. The highest BCUT2D eigenvalue weighted by Gasteiger charge is 2.12. The summed E-state index contributed by atoms with van der Waals surface area (Å²) in [5.41, 5.74) is 3.24. The van der Waals surface area contributed by atoms with E-state index in [1.54, 1.807) is 17.5 Å². The Balaban J connectivity index is 1.47. The third-order valence-electron chi connectivity index (χ3n) is 4.57. The van der Waals surface area contributed by atoms with E-state index in [1.807, 2.05) is 78.9 Å². The van der Waals surface area contributed by atoms with Gasteiger partial charge in [0, 0.05) is 23.0 Å². The number of carbonyl (C=O) groups excluding carboxylic acids is 1. The number of anilines is 1. The molecule has 5 rings (SSSR count). The van der Waals surface area contributed by atoms with Crippen LogP contribution in [0.1, 0.15) is 10.4 Å². The van der Waals surface area contributed by atoms with Crippen LogP contribution in [0.3, 0.4) is 0 Å². The van der Waals surface area contributed by atoms with Crippen LogP contribution in [0.15, 0.2) is 85.1 Å². The van der Waals surface area contributed by atoms with Crippen LogP contribution >= 0.6 is 11.3 Å². The van der Waals surface area contributed by atoms with E-state index in [9.17, 15) is 4.79 Å². The lowest BCUT2D eigenvalue weighted by Gasteiger charge is -2.09. The van der Waals surface area contributed by atoms with E-state index >= 15 is 0 Å². The second kappa shape index (κ2) is 6.87. The molecule has 0 spiro atoms. The van der Waals surface area contributed by atoms with Crippen molar-refractivity contribution in [1.82, 2.24) is 9.97 Å². The summed E-state index contributed by atoms with van der Waals surface area (Å²) in [6.07, 6.45) is 1.77. The molecule has 0 radical (unpaired) electrons. The molecule has 4 nitrogen and oxygen atoms in total. The maximum atomic E-state index is 12.9. The summed E-state index contributed by atoms with van der Waals surface area (Å²) in [6, 6.07) is 25.2. The summed E-state index contributed by atoms with van der Waals surface area (Å²) in [4.78, 5) is 22.8. The van der Waals surface area contributed by atoms with Gasteiger partial charge in [-0.3, -0.25) is 4.79 Å². The summed E-state index contributed by atoms with van der Waals surface area (Å²) in [5.74, 6) is -0.125. The largest absolute Gasteiger partial charge is 0.322 e. The van der Waals surface area contributed by atoms with Gasteiger partial charge in [0.2, 0.25) is 0 Å². The molecule has 1 N–H and O–H groups in total. The van der Waals surface area contributed by atoms with Gasteiger partial charge in [-0.25, -0.2) is 9.97 Å². The molecule has 0 aliphatic heterocycles. The van der Waals surface area contributed by atoms with Crippen LogP contribution in [0.2, 0.25) is 0 Å². The molecule has 0 atom stereocenters. The van der Waals surface area contributed by atoms with Gasteiger partial charge in [-0.1, -0.05) is 59.9 Å². The van der Waals surface area contributed by atoms with Crippen molar-refractivity contribution in [2.75, 3.05) is 5.32 Å². The first kappa shape index (κ1) is 16.6. The summed E-state index contributed by atoms with van der Waals surface area (Å²) in [7, 11) is 0. The fourth-order valence-electron chi connectivity index (χ4n) is 3.25. The molecule has 0 saturated carbocycles. The number of nitrogens with one attached hydrogen (secondary N) is 1. The van der Waals surface area contributed by atoms with Crippen LogP contribution in [0.4, 0.5) is 5.69 Å². The Morgan fingerprint density at radius 3 is 2.68 bits per heavy atom. The van der Waals surface area contributed by atoms with Crippen molar-refractivity contribution in [1.29, 1.82) is 0 Å². The third-order valence-corrected chi connectivity index (χ3v) is 5.60. The van der Waals surface area contributed by atoms with E-state index in [0.717, 1.165) is 37.4 Å². The standard InChI is InChI=1S/C23H15N3OS/c27-21(19-11-4-7-15-6-1-2-10-18(15)19)25-17-9-3-8-16(14-17)22-26-20-12-5-13-24-23(20)28-22/h1-14H,(H,25,27). The molecule has 0 aliphatic rings. The molecule has 3 aromatic carbocycles. The van der Waals surface area contributed by atoms with E-state index in [1.165, 1.54) is 0 Å². The molecular formula is C23H15N3OS. The van der Waals surface area contributed by atoms with E-state index in [-0.39, 0.29) is 5.91 Å². The lowest BCUT2D eigenvalue weighted by Crippen LogP contribution is -2.12. The summed E-state index contributed by atoms with van der Waals surface area (Å²) < 4.78 is 0. The van der Waals surface area contributed by atoms with E-state index in [0.29, 0.717) is 5.56 Å². The normalized spacial score (nSPS) is 11.0. The molecule has 134 valence electrons. The Labute approximate surface area is 165 Å². The highest BCUT2D eigenvalue weighted by molar-refractivity contribution is 7.21. The number of hydrogen-bond donors (Lipinski definition) is 1. The number of hydrogen-bond acceptors (Lipinski definition) is 4. The van der Waals surface area contributed by atoms with Crippen LogP contribution in [0.5, 0.6) is 0 Å².